The molecule has 3 aromatic heterocycles. The van der Waals surface area contributed by atoms with Crippen LogP contribution in [0.3, 0.4) is 0 Å². The van der Waals surface area contributed by atoms with Gasteiger partial charge in [0.2, 0.25) is 5.91 Å². The average Bonchev–Trinajstić information content (AvgIpc) is 3.29. The van der Waals surface area contributed by atoms with Gasteiger partial charge >= 0.3 is 0 Å². The van der Waals surface area contributed by atoms with Gasteiger partial charge in [-0.25, -0.2) is 9.97 Å². The largest absolute Gasteiger partial charge is 0.350 e. The molecule has 0 radical (unpaired) electrons. The summed E-state index contributed by atoms with van der Waals surface area (Å²) in [6.07, 6.45) is 11.5. The molecule has 1 amide bonds. The number of carbonyl (C=O) groups is 1. The molecule has 0 bridgehead atoms. The van der Waals surface area contributed by atoms with E-state index in [2.05, 4.69) is 24.4 Å². The van der Waals surface area contributed by atoms with Crippen molar-refractivity contribution in [3.05, 3.63) is 31.0 Å². The molecule has 0 aromatic carbocycles. The first-order valence-corrected chi connectivity index (χ1v) is 9.05. The van der Waals surface area contributed by atoms with E-state index in [0.717, 1.165) is 61.7 Å². The van der Waals surface area contributed by atoms with Crippen LogP contribution in [0.1, 0.15) is 12.8 Å². The Morgan fingerprint density at radius 3 is 2.62 bits per heavy atom. The van der Waals surface area contributed by atoms with E-state index in [0.29, 0.717) is 5.91 Å². The standard InChI is InChI=1S/C18H21N7O/c1-22-12-14(10-21-22)15-11-20-17-16(19-4-5-25(15)17)23-6-8-24(9-7-23)18(26)13-2-3-13/h4-5,10-13H,2-3,6-9H2,1H3. The topological polar surface area (TPSA) is 71.6 Å². The summed E-state index contributed by atoms with van der Waals surface area (Å²) in [6.45, 7) is 3.10. The van der Waals surface area contributed by atoms with Gasteiger partial charge in [0.25, 0.3) is 0 Å². The van der Waals surface area contributed by atoms with E-state index in [1.807, 2.05) is 42.9 Å². The Hall–Kier alpha value is -2.90. The second-order valence-electron chi connectivity index (χ2n) is 7.08. The van der Waals surface area contributed by atoms with Crippen LogP contribution >= 0.6 is 0 Å². The molecular formula is C18H21N7O. The summed E-state index contributed by atoms with van der Waals surface area (Å²) in [5, 5.41) is 4.25. The number of hydrogen-bond acceptors (Lipinski definition) is 5. The zero-order chi connectivity index (χ0) is 17.7. The van der Waals surface area contributed by atoms with E-state index in [4.69, 9.17) is 0 Å². The molecule has 1 aliphatic carbocycles. The molecule has 0 atom stereocenters. The Bertz CT molecular complexity index is 963. The Labute approximate surface area is 151 Å². The van der Waals surface area contributed by atoms with Gasteiger partial charge in [-0.05, 0) is 12.8 Å². The van der Waals surface area contributed by atoms with E-state index in [1.54, 1.807) is 4.68 Å². The summed E-state index contributed by atoms with van der Waals surface area (Å²) in [5.74, 6) is 1.49. The molecule has 1 aliphatic heterocycles. The molecule has 1 saturated carbocycles. The number of rotatable bonds is 3. The van der Waals surface area contributed by atoms with Gasteiger partial charge in [0, 0.05) is 63.3 Å². The monoisotopic (exact) mass is 351 g/mol. The number of aromatic nitrogens is 5. The van der Waals surface area contributed by atoms with Crippen LogP contribution in [-0.2, 0) is 11.8 Å². The zero-order valence-corrected chi connectivity index (χ0v) is 14.7. The highest BCUT2D eigenvalue weighted by atomic mass is 16.2. The predicted octanol–water partition coefficient (Wildman–Crippen LogP) is 1.19. The van der Waals surface area contributed by atoms with Gasteiger partial charge in [0.05, 0.1) is 18.1 Å². The van der Waals surface area contributed by atoms with Gasteiger partial charge in [-0.15, -0.1) is 0 Å². The molecule has 2 fully saturated rings. The minimum Gasteiger partial charge on any atom is -0.350 e. The fourth-order valence-corrected chi connectivity index (χ4v) is 3.62. The first-order chi connectivity index (χ1) is 12.7. The number of aryl methyl sites for hydroxylation is 1. The van der Waals surface area contributed by atoms with Gasteiger partial charge in [-0.1, -0.05) is 0 Å². The van der Waals surface area contributed by atoms with Crippen molar-refractivity contribution in [2.45, 2.75) is 12.8 Å². The van der Waals surface area contributed by atoms with E-state index in [1.165, 1.54) is 0 Å². The highest BCUT2D eigenvalue weighted by Gasteiger charge is 2.35. The van der Waals surface area contributed by atoms with Gasteiger partial charge in [-0.2, -0.15) is 5.10 Å². The van der Waals surface area contributed by atoms with Crippen LogP contribution in [0.25, 0.3) is 16.9 Å². The molecule has 0 N–H and O–H groups in total. The molecule has 0 unspecified atom stereocenters. The third-order valence-electron chi connectivity index (χ3n) is 5.23. The number of amides is 1. The number of imidazole rings is 1. The Morgan fingerprint density at radius 2 is 1.92 bits per heavy atom. The lowest BCUT2D eigenvalue weighted by Crippen LogP contribution is -2.49. The lowest BCUT2D eigenvalue weighted by atomic mass is 10.2. The summed E-state index contributed by atoms with van der Waals surface area (Å²) in [4.78, 5) is 25.7. The molecule has 4 heterocycles. The minimum absolute atomic E-state index is 0.289. The number of hydrogen-bond donors (Lipinski definition) is 0. The molecule has 0 spiro atoms. The van der Waals surface area contributed by atoms with Crippen molar-refractivity contribution in [1.29, 1.82) is 0 Å². The molecule has 134 valence electrons. The van der Waals surface area contributed by atoms with Crippen molar-refractivity contribution >= 4 is 17.4 Å². The maximum Gasteiger partial charge on any atom is 0.225 e. The highest BCUT2D eigenvalue weighted by Crippen LogP contribution is 2.32. The van der Waals surface area contributed by atoms with Crippen LogP contribution in [0.2, 0.25) is 0 Å². The highest BCUT2D eigenvalue weighted by molar-refractivity contribution is 5.81. The number of anilines is 1. The van der Waals surface area contributed by atoms with Crippen LogP contribution in [0.5, 0.6) is 0 Å². The average molecular weight is 351 g/mol. The second kappa shape index (κ2) is 5.82. The van der Waals surface area contributed by atoms with Crippen LogP contribution in [-0.4, -0.2) is 61.1 Å². The summed E-state index contributed by atoms with van der Waals surface area (Å²) in [5.41, 5.74) is 2.87. The van der Waals surface area contributed by atoms with E-state index in [-0.39, 0.29) is 5.92 Å². The zero-order valence-electron chi connectivity index (χ0n) is 14.7. The molecule has 1 saturated heterocycles. The number of carbonyl (C=O) groups excluding carboxylic acids is 1. The van der Waals surface area contributed by atoms with Crippen LogP contribution < -0.4 is 4.90 Å². The smallest absolute Gasteiger partial charge is 0.225 e. The Morgan fingerprint density at radius 1 is 1.12 bits per heavy atom. The van der Waals surface area contributed by atoms with E-state index in [9.17, 15) is 4.79 Å². The van der Waals surface area contributed by atoms with Crippen LogP contribution in [0.4, 0.5) is 5.82 Å². The summed E-state index contributed by atoms with van der Waals surface area (Å²) in [7, 11) is 1.90. The maximum atomic E-state index is 12.2. The molecule has 26 heavy (non-hydrogen) atoms. The van der Waals surface area contributed by atoms with Gasteiger partial charge < -0.3 is 9.80 Å². The second-order valence-corrected chi connectivity index (χ2v) is 7.08. The predicted molar refractivity (Wildman–Crippen MR) is 96.7 cm³/mol. The lowest BCUT2D eigenvalue weighted by Gasteiger charge is -2.35. The molecule has 2 aliphatic rings. The van der Waals surface area contributed by atoms with Crippen molar-refractivity contribution in [2.75, 3.05) is 31.1 Å². The molecule has 8 nitrogen and oxygen atoms in total. The van der Waals surface area contributed by atoms with Crippen molar-refractivity contribution in [2.24, 2.45) is 13.0 Å². The normalized spacial score (nSPS) is 17.9. The SMILES string of the molecule is Cn1cc(-c2cnc3c(N4CCN(C(=O)C5CC5)CC4)nccn23)cn1. The van der Waals surface area contributed by atoms with Crippen molar-refractivity contribution in [3.63, 3.8) is 0 Å². The van der Waals surface area contributed by atoms with Gasteiger partial charge in [0.1, 0.15) is 0 Å². The fourth-order valence-electron chi connectivity index (χ4n) is 3.62. The van der Waals surface area contributed by atoms with Gasteiger partial charge in [0.15, 0.2) is 11.5 Å². The van der Waals surface area contributed by atoms with Crippen LogP contribution in [0.15, 0.2) is 31.0 Å². The van der Waals surface area contributed by atoms with Crippen molar-refractivity contribution < 1.29 is 4.79 Å². The Kier molecular flexibility index (Phi) is 3.44. The number of nitrogens with zero attached hydrogens (tertiary/aromatic N) is 7. The molecule has 3 aromatic rings. The van der Waals surface area contributed by atoms with E-state index >= 15 is 0 Å². The first kappa shape index (κ1) is 15.4. The Balaban J connectivity index is 1.41. The quantitative estimate of drug-likeness (QED) is 0.709. The van der Waals surface area contributed by atoms with Crippen LogP contribution in [0, 0.1) is 5.92 Å². The maximum absolute atomic E-state index is 12.2. The molecular weight excluding hydrogens is 330 g/mol. The number of piperazine rings is 1. The number of fused-ring (bicyclic) bond motifs is 1. The van der Waals surface area contributed by atoms with Crippen molar-refractivity contribution in [3.8, 4) is 11.3 Å². The molecule has 5 rings (SSSR count). The minimum atomic E-state index is 0.289. The van der Waals surface area contributed by atoms with E-state index < -0.39 is 0 Å². The lowest BCUT2D eigenvalue weighted by molar-refractivity contribution is -0.132. The third-order valence-corrected chi connectivity index (χ3v) is 5.23. The first-order valence-electron chi connectivity index (χ1n) is 9.05. The van der Waals surface area contributed by atoms with Crippen molar-refractivity contribution in [1.82, 2.24) is 29.0 Å². The fraction of sp³-hybridized carbons (Fsp3) is 0.444. The molecule has 8 heteroatoms. The third kappa shape index (κ3) is 2.53. The van der Waals surface area contributed by atoms with Gasteiger partial charge in [-0.3, -0.25) is 13.9 Å². The summed E-state index contributed by atoms with van der Waals surface area (Å²) in [6, 6.07) is 0. The summed E-state index contributed by atoms with van der Waals surface area (Å²) >= 11 is 0. The summed E-state index contributed by atoms with van der Waals surface area (Å²) < 4.78 is 3.84.